The lowest BCUT2D eigenvalue weighted by Crippen LogP contribution is -2.35. The molecule has 156 valence electrons. The molecule has 0 unspecified atom stereocenters. The average Bonchev–Trinajstić information content (AvgIpc) is 3.23. The van der Waals surface area contributed by atoms with Gasteiger partial charge in [-0.1, -0.05) is 23.7 Å². The Bertz CT molecular complexity index is 1280. The summed E-state index contributed by atoms with van der Waals surface area (Å²) in [6, 6.07) is 18.0. The molecule has 0 spiro atoms. The lowest BCUT2D eigenvalue weighted by atomic mass is 10.1. The van der Waals surface area contributed by atoms with Crippen molar-refractivity contribution >= 4 is 22.9 Å². The van der Waals surface area contributed by atoms with E-state index in [0.29, 0.717) is 17.4 Å². The van der Waals surface area contributed by atoms with Gasteiger partial charge in [-0.3, -0.25) is 9.69 Å². The van der Waals surface area contributed by atoms with Crippen LogP contribution in [0.15, 0.2) is 65.5 Å². The van der Waals surface area contributed by atoms with Crippen LogP contribution in [0.25, 0.3) is 21.8 Å². The highest BCUT2D eigenvalue weighted by molar-refractivity contribution is 7.15. The molecule has 0 amide bonds. The number of aromatic amines is 1. The predicted molar refractivity (Wildman–Crippen MR) is 123 cm³/mol. The Morgan fingerprint density at radius 1 is 1.03 bits per heavy atom. The Hall–Kier alpha value is -2.80. The molecule has 3 heterocycles. The molecule has 7 heteroatoms. The van der Waals surface area contributed by atoms with Gasteiger partial charge in [-0.25, -0.2) is 9.37 Å². The molecule has 2 aromatic carbocycles. The maximum Gasteiger partial charge on any atom is 0.255 e. The van der Waals surface area contributed by atoms with Gasteiger partial charge in [0.05, 0.1) is 11.3 Å². The van der Waals surface area contributed by atoms with Crippen LogP contribution in [0.1, 0.15) is 16.1 Å². The number of benzene rings is 2. The molecule has 4 aromatic rings. The van der Waals surface area contributed by atoms with E-state index < -0.39 is 0 Å². The zero-order chi connectivity index (χ0) is 21.4. The van der Waals surface area contributed by atoms with Gasteiger partial charge >= 0.3 is 0 Å². The van der Waals surface area contributed by atoms with Crippen molar-refractivity contribution in [3.05, 3.63) is 98.0 Å². The van der Waals surface area contributed by atoms with Crippen LogP contribution in [-0.4, -0.2) is 21.4 Å². The van der Waals surface area contributed by atoms with Crippen LogP contribution in [0.5, 0.6) is 0 Å². The van der Waals surface area contributed by atoms with E-state index in [1.165, 1.54) is 17.0 Å². The molecule has 1 N–H and O–H groups in total. The van der Waals surface area contributed by atoms with E-state index in [-0.39, 0.29) is 11.4 Å². The third kappa shape index (κ3) is 4.32. The zero-order valence-corrected chi connectivity index (χ0v) is 18.1. The molecule has 1 aliphatic rings. The topological polar surface area (TPSA) is 49.0 Å². The number of H-pyrrole nitrogens is 1. The van der Waals surface area contributed by atoms with Gasteiger partial charge in [0.2, 0.25) is 0 Å². The van der Waals surface area contributed by atoms with E-state index in [0.717, 1.165) is 46.8 Å². The number of aromatic nitrogens is 2. The van der Waals surface area contributed by atoms with Crippen LogP contribution >= 0.6 is 22.9 Å². The average molecular weight is 452 g/mol. The molecule has 0 fully saturated rings. The Morgan fingerprint density at radius 2 is 1.77 bits per heavy atom. The Morgan fingerprint density at radius 3 is 2.55 bits per heavy atom. The highest BCUT2D eigenvalue weighted by Crippen LogP contribution is 2.30. The van der Waals surface area contributed by atoms with Gasteiger partial charge in [-0.15, -0.1) is 11.3 Å². The molecule has 2 aromatic heterocycles. The largest absolute Gasteiger partial charge is 0.306 e. The Balaban J connectivity index is 1.32. The van der Waals surface area contributed by atoms with Crippen molar-refractivity contribution in [2.24, 2.45) is 0 Å². The van der Waals surface area contributed by atoms with Crippen LogP contribution in [0.3, 0.4) is 0 Å². The van der Waals surface area contributed by atoms with Crippen molar-refractivity contribution in [2.75, 3.05) is 6.54 Å². The van der Waals surface area contributed by atoms with Crippen LogP contribution in [0.4, 0.5) is 4.39 Å². The highest BCUT2D eigenvalue weighted by Gasteiger charge is 2.22. The van der Waals surface area contributed by atoms with Crippen molar-refractivity contribution in [1.29, 1.82) is 0 Å². The summed E-state index contributed by atoms with van der Waals surface area (Å²) in [5, 5.41) is 0.649. The van der Waals surface area contributed by atoms with Gasteiger partial charge in [-0.2, -0.15) is 0 Å². The van der Waals surface area contributed by atoms with E-state index >= 15 is 0 Å². The van der Waals surface area contributed by atoms with E-state index in [2.05, 4.69) is 22.0 Å². The summed E-state index contributed by atoms with van der Waals surface area (Å²) in [5.41, 5.74) is 3.37. The number of hydrogen-bond donors (Lipinski definition) is 1. The van der Waals surface area contributed by atoms with Crippen LogP contribution < -0.4 is 5.56 Å². The number of fused-ring (bicyclic) bond motifs is 1. The zero-order valence-electron chi connectivity index (χ0n) is 16.6. The summed E-state index contributed by atoms with van der Waals surface area (Å²) in [6.07, 6.45) is 0.732. The van der Waals surface area contributed by atoms with Crippen LogP contribution in [0.2, 0.25) is 5.02 Å². The van der Waals surface area contributed by atoms with Gasteiger partial charge in [0, 0.05) is 46.4 Å². The summed E-state index contributed by atoms with van der Waals surface area (Å²) < 4.78 is 13.2. The van der Waals surface area contributed by atoms with Gasteiger partial charge in [-0.05, 0) is 54.1 Å². The molecular formula is C24H19ClFN3OS. The number of halogens is 2. The second kappa shape index (κ2) is 8.38. The standard InChI is InChI=1S/C24H19ClFN3OS/c25-17-5-1-16(2-6-17)23-27-21-11-12-29(14-20(21)24(30)28-23)13-19-9-10-22(31-19)15-3-7-18(26)8-4-15/h1-10H,11-14H2,(H,27,28,30). The molecule has 4 nitrogen and oxygen atoms in total. The van der Waals surface area contributed by atoms with Gasteiger partial charge in [0.25, 0.3) is 5.56 Å². The minimum atomic E-state index is -0.231. The Kier molecular flexibility index (Phi) is 5.44. The Labute approximate surface area is 188 Å². The minimum Gasteiger partial charge on any atom is -0.306 e. The van der Waals surface area contributed by atoms with Crippen molar-refractivity contribution in [3.8, 4) is 21.8 Å². The molecule has 0 saturated carbocycles. The third-order valence-corrected chi connectivity index (χ3v) is 6.81. The summed E-state index contributed by atoms with van der Waals surface area (Å²) in [6.45, 7) is 2.18. The molecule has 0 atom stereocenters. The van der Waals surface area contributed by atoms with Crippen molar-refractivity contribution < 1.29 is 4.39 Å². The van der Waals surface area contributed by atoms with Gasteiger partial charge in [0.1, 0.15) is 11.6 Å². The normalized spacial score (nSPS) is 13.9. The molecule has 0 saturated heterocycles. The van der Waals surface area contributed by atoms with E-state index in [4.69, 9.17) is 16.6 Å². The van der Waals surface area contributed by atoms with Crippen LogP contribution in [-0.2, 0) is 19.5 Å². The summed E-state index contributed by atoms with van der Waals surface area (Å²) in [5.74, 6) is 0.349. The molecule has 0 aliphatic carbocycles. The molecule has 1 aliphatic heterocycles. The summed E-state index contributed by atoms with van der Waals surface area (Å²) in [4.78, 5) is 25.0. The number of nitrogens with one attached hydrogen (secondary N) is 1. The first-order valence-corrected chi connectivity index (χ1v) is 11.2. The fraction of sp³-hybridized carbons (Fsp3) is 0.167. The van der Waals surface area contributed by atoms with Crippen molar-refractivity contribution in [1.82, 2.24) is 14.9 Å². The third-order valence-electron chi connectivity index (χ3n) is 5.44. The quantitative estimate of drug-likeness (QED) is 0.444. The second-order valence-electron chi connectivity index (χ2n) is 7.58. The lowest BCUT2D eigenvalue weighted by molar-refractivity contribution is 0.244. The van der Waals surface area contributed by atoms with Crippen molar-refractivity contribution in [2.45, 2.75) is 19.5 Å². The van der Waals surface area contributed by atoms with Crippen LogP contribution in [0, 0.1) is 5.82 Å². The summed E-state index contributed by atoms with van der Waals surface area (Å²) in [7, 11) is 0. The monoisotopic (exact) mass is 451 g/mol. The molecule has 5 rings (SSSR count). The van der Waals surface area contributed by atoms with E-state index in [1.54, 1.807) is 35.6 Å². The molecule has 0 bridgehead atoms. The molecule has 31 heavy (non-hydrogen) atoms. The fourth-order valence-corrected chi connectivity index (χ4v) is 4.99. The first kappa shape index (κ1) is 20.1. The van der Waals surface area contributed by atoms with Crippen molar-refractivity contribution in [3.63, 3.8) is 0 Å². The number of hydrogen-bond acceptors (Lipinski definition) is 4. The summed E-state index contributed by atoms with van der Waals surface area (Å²) >= 11 is 7.65. The smallest absolute Gasteiger partial charge is 0.255 e. The maximum atomic E-state index is 13.2. The van der Waals surface area contributed by atoms with Gasteiger partial charge < -0.3 is 4.98 Å². The number of thiophene rings is 1. The molecule has 0 radical (unpaired) electrons. The SMILES string of the molecule is O=c1[nH]c(-c2ccc(Cl)cc2)nc2c1CN(Cc1ccc(-c3ccc(F)cc3)s1)CC2. The number of rotatable bonds is 4. The minimum absolute atomic E-state index is 0.0853. The first-order valence-electron chi connectivity index (χ1n) is 10.0. The maximum absolute atomic E-state index is 13.2. The predicted octanol–water partition coefficient (Wildman–Crippen LogP) is 5.52. The first-order chi connectivity index (χ1) is 15.0. The molecular weight excluding hydrogens is 433 g/mol. The van der Waals surface area contributed by atoms with E-state index in [9.17, 15) is 9.18 Å². The highest BCUT2D eigenvalue weighted by atomic mass is 35.5. The lowest BCUT2D eigenvalue weighted by Gasteiger charge is -2.27. The second-order valence-corrected chi connectivity index (χ2v) is 9.18. The fourth-order valence-electron chi connectivity index (χ4n) is 3.81. The van der Waals surface area contributed by atoms with E-state index in [1.807, 2.05) is 12.1 Å². The number of nitrogens with zero attached hydrogens (tertiary/aromatic N) is 2. The van der Waals surface area contributed by atoms with Gasteiger partial charge in [0.15, 0.2) is 0 Å².